The molecule has 0 amide bonds. The van der Waals surface area contributed by atoms with Crippen LogP contribution in [0.5, 0.6) is 0 Å². The molecule has 0 N–H and O–H groups in total. The van der Waals surface area contributed by atoms with E-state index in [0.29, 0.717) is 0 Å². The van der Waals surface area contributed by atoms with Crippen molar-refractivity contribution in [3.63, 3.8) is 0 Å². The van der Waals surface area contributed by atoms with Crippen LogP contribution in [0.15, 0.2) is 12.2 Å². The molecule has 0 fully saturated rings. The van der Waals surface area contributed by atoms with Crippen LogP contribution in [0.3, 0.4) is 0 Å². The second-order valence-corrected chi connectivity index (χ2v) is 16.7. The van der Waals surface area contributed by atoms with Gasteiger partial charge in [-0.2, -0.15) is 0 Å². The molecule has 0 atom stereocenters. The van der Waals surface area contributed by atoms with Crippen molar-refractivity contribution in [1.82, 2.24) is 0 Å². The van der Waals surface area contributed by atoms with Crippen molar-refractivity contribution in [3.05, 3.63) is 12.2 Å². The maximum absolute atomic E-state index is 6.18. The SMILES string of the molecule is CC[Si](CC)(CC)OC/C=C\CO[Si](C)(C)C(C)(C)C. The van der Waals surface area contributed by atoms with Gasteiger partial charge in [-0.05, 0) is 36.3 Å². The minimum absolute atomic E-state index is 0.284. The predicted octanol–water partition coefficient (Wildman–Crippen LogP) is 5.59. The molecule has 0 aliphatic rings. The first-order valence-corrected chi connectivity index (χ1v) is 13.5. The molecule has 4 heteroatoms. The summed E-state index contributed by atoms with van der Waals surface area (Å²) in [4.78, 5) is 0. The first-order chi connectivity index (χ1) is 9.14. The lowest BCUT2D eigenvalue weighted by molar-refractivity contribution is 0.321. The van der Waals surface area contributed by atoms with E-state index < -0.39 is 16.6 Å². The zero-order valence-corrected chi connectivity index (χ0v) is 17.0. The zero-order valence-electron chi connectivity index (χ0n) is 15.0. The minimum atomic E-state index is -1.61. The van der Waals surface area contributed by atoms with Gasteiger partial charge in [0.1, 0.15) is 0 Å². The molecule has 0 unspecified atom stereocenters. The predicted molar refractivity (Wildman–Crippen MR) is 95.4 cm³/mol. The molecule has 0 heterocycles. The third-order valence-corrected chi connectivity index (χ3v) is 14.1. The lowest BCUT2D eigenvalue weighted by Gasteiger charge is -2.35. The fraction of sp³-hybridized carbons (Fsp3) is 0.875. The Hall–Kier alpha value is 0.0938. The van der Waals surface area contributed by atoms with Crippen molar-refractivity contribution in [1.29, 1.82) is 0 Å². The van der Waals surface area contributed by atoms with Gasteiger partial charge in [0.25, 0.3) is 0 Å². The summed E-state index contributed by atoms with van der Waals surface area (Å²) in [5.74, 6) is 0. The summed E-state index contributed by atoms with van der Waals surface area (Å²) in [6.45, 7) is 19.7. The van der Waals surface area contributed by atoms with Crippen LogP contribution in [0, 0.1) is 0 Å². The molecular formula is C16H36O2Si2. The molecule has 0 radical (unpaired) electrons. The van der Waals surface area contributed by atoms with Gasteiger partial charge in [-0.15, -0.1) is 0 Å². The molecule has 0 spiro atoms. The molecule has 0 aromatic rings. The Morgan fingerprint density at radius 1 is 0.800 bits per heavy atom. The average molecular weight is 317 g/mol. The molecule has 0 aromatic heterocycles. The van der Waals surface area contributed by atoms with E-state index in [1.165, 1.54) is 18.1 Å². The van der Waals surface area contributed by atoms with Crippen LogP contribution in [0.4, 0.5) is 0 Å². The highest BCUT2D eigenvalue weighted by Crippen LogP contribution is 2.36. The van der Waals surface area contributed by atoms with Gasteiger partial charge in [0.05, 0.1) is 13.2 Å². The van der Waals surface area contributed by atoms with E-state index >= 15 is 0 Å². The Morgan fingerprint density at radius 2 is 1.20 bits per heavy atom. The van der Waals surface area contributed by atoms with E-state index in [9.17, 15) is 0 Å². The van der Waals surface area contributed by atoms with Gasteiger partial charge >= 0.3 is 0 Å². The Morgan fingerprint density at radius 3 is 1.55 bits per heavy atom. The molecule has 0 aliphatic carbocycles. The largest absolute Gasteiger partial charge is 0.413 e. The van der Waals surface area contributed by atoms with Crippen LogP contribution in [0.2, 0.25) is 36.3 Å². The third-order valence-electron chi connectivity index (χ3n) is 4.93. The van der Waals surface area contributed by atoms with Crippen molar-refractivity contribution in [2.24, 2.45) is 0 Å². The first-order valence-electron chi connectivity index (χ1n) is 8.07. The molecule has 0 saturated heterocycles. The number of hydrogen-bond acceptors (Lipinski definition) is 2. The highest BCUT2D eigenvalue weighted by atomic mass is 28.4. The van der Waals surface area contributed by atoms with E-state index in [-0.39, 0.29) is 5.04 Å². The van der Waals surface area contributed by atoms with Gasteiger partial charge in [-0.1, -0.05) is 53.7 Å². The smallest absolute Gasteiger partial charge is 0.192 e. The molecular weight excluding hydrogens is 280 g/mol. The van der Waals surface area contributed by atoms with Crippen molar-refractivity contribution in [2.45, 2.75) is 77.8 Å². The molecule has 20 heavy (non-hydrogen) atoms. The van der Waals surface area contributed by atoms with Gasteiger partial charge in [0, 0.05) is 0 Å². The molecule has 2 nitrogen and oxygen atoms in total. The van der Waals surface area contributed by atoms with E-state index in [1.54, 1.807) is 0 Å². The van der Waals surface area contributed by atoms with Crippen LogP contribution >= 0.6 is 0 Å². The average Bonchev–Trinajstić information content (AvgIpc) is 2.37. The van der Waals surface area contributed by atoms with Gasteiger partial charge in [-0.3, -0.25) is 0 Å². The maximum atomic E-state index is 6.18. The fourth-order valence-corrected chi connectivity index (χ4v) is 5.40. The van der Waals surface area contributed by atoms with Crippen LogP contribution < -0.4 is 0 Å². The highest BCUT2D eigenvalue weighted by molar-refractivity contribution is 6.74. The van der Waals surface area contributed by atoms with Crippen molar-refractivity contribution < 1.29 is 8.85 Å². The van der Waals surface area contributed by atoms with Crippen LogP contribution in [0.1, 0.15) is 41.5 Å². The quantitative estimate of drug-likeness (QED) is 0.408. The Labute approximate surface area is 129 Å². The molecule has 0 rings (SSSR count). The summed E-state index contributed by atoms with van der Waals surface area (Å²) in [5.41, 5.74) is 0. The summed E-state index contributed by atoms with van der Waals surface area (Å²) in [7, 11) is -3.03. The van der Waals surface area contributed by atoms with Crippen molar-refractivity contribution >= 4 is 16.6 Å². The monoisotopic (exact) mass is 316 g/mol. The number of hydrogen-bond donors (Lipinski definition) is 0. The Bertz CT molecular complexity index is 273. The molecule has 0 aliphatic heterocycles. The molecule has 0 bridgehead atoms. The van der Waals surface area contributed by atoms with Gasteiger partial charge in [0.15, 0.2) is 16.6 Å². The topological polar surface area (TPSA) is 18.5 Å². The third kappa shape index (κ3) is 6.25. The Balaban J connectivity index is 4.12. The lowest BCUT2D eigenvalue weighted by Crippen LogP contribution is -2.40. The second kappa shape index (κ2) is 8.52. The van der Waals surface area contributed by atoms with Gasteiger partial charge < -0.3 is 8.85 Å². The van der Waals surface area contributed by atoms with Gasteiger partial charge in [-0.25, -0.2) is 0 Å². The van der Waals surface area contributed by atoms with E-state index in [0.717, 1.165) is 13.2 Å². The van der Waals surface area contributed by atoms with Crippen molar-refractivity contribution in [3.8, 4) is 0 Å². The first kappa shape index (κ1) is 20.1. The molecule has 0 saturated carbocycles. The summed E-state index contributed by atoms with van der Waals surface area (Å²) in [6.07, 6.45) is 4.26. The highest BCUT2D eigenvalue weighted by Gasteiger charge is 2.36. The minimum Gasteiger partial charge on any atom is -0.413 e. The van der Waals surface area contributed by atoms with Crippen LogP contribution in [-0.4, -0.2) is 29.8 Å². The van der Waals surface area contributed by atoms with E-state index in [1.807, 2.05) is 0 Å². The van der Waals surface area contributed by atoms with Crippen LogP contribution in [0.25, 0.3) is 0 Å². The second-order valence-electron chi connectivity index (χ2n) is 7.10. The van der Waals surface area contributed by atoms with Gasteiger partial charge in [0.2, 0.25) is 0 Å². The van der Waals surface area contributed by atoms with E-state index in [2.05, 4.69) is 66.8 Å². The van der Waals surface area contributed by atoms with Crippen LogP contribution in [-0.2, 0) is 8.85 Å². The van der Waals surface area contributed by atoms with Crippen molar-refractivity contribution in [2.75, 3.05) is 13.2 Å². The summed E-state index contributed by atoms with van der Waals surface area (Å²) in [5, 5.41) is 0.284. The summed E-state index contributed by atoms with van der Waals surface area (Å²) in [6, 6.07) is 3.65. The number of rotatable bonds is 9. The standard InChI is InChI=1S/C16H36O2Si2/c1-9-20(10-2,11-3)18-15-13-12-14-17-19(7,8)16(4,5)6/h12-13H,9-11,14-15H2,1-8H3/b13-12-. The molecule has 0 aromatic carbocycles. The summed E-state index contributed by atoms with van der Waals surface area (Å²) < 4.78 is 12.3. The molecule has 120 valence electrons. The zero-order chi connectivity index (χ0) is 15.9. The van der Waals surface area contributed by atoms with E-state index in [4.69, 9.17) is 8.85 Å². The fourth-order valence-electron chi connectivity index (χ4n) is 1.89. The Kier molecular flexibility index (Phi) is 8.56. The summed E-state index contributed by atoms with van der Waals surface area (Å²) >= 11 is 0. The lowest BCUT2D eigenvalue weighted by atomic mass is 10.2. The maximum Gasteiger partial charge on any atom is 0.192 e. The normalized spacial score (nSPS) is 14.2.